The molecule has 0 spiro atoms. The summed E-state index contributed by atoms with van der Waals surface area (Å²) in [6, 6.07) is 8.04. The van der Waals surface area contributed by atoms with Crippen LogP contribution in [0.3, 0.4) is 0 Å². The van der Waals surface area contributed by atoms with E-state index in [9.17, 15) is 16.7 Å². The maximum absolute atomic E-state index is 13.3. The lowest BCUT2D eigenvalue weighted by Gasteiger charge is -2.01. The molecule has 0 radical (unpaired) electrons. The van der Waals surface area contributed by atoms with E-state index >= 15 is 0 Å². The highest BCUT2D eigenvalue weighted by molar-refractivity contribution is 7.86. The number of fused-ring (bicyclic) bond motifs is 1. The van der Waals surface area contributed by atoms with Gasteiger partial charge in [-0.1, -0.05) is 24.3 Å². The van der Waals surface area contributed by atoms with Crippen molar-refractivity contribution in [1.29, 1.82) is 0 Å². The largest absolute Gasteiger partial charge is 0.332 e. The molecule has 2 rings (SSSR count). The molecule has 0 heterocycles. The minimum atomic E-state index is -4.86. The SMILES string of the molecule is O=S(=O)(F)c1cc(F)c2ccccc2c1. The summed E-state index contributed by atoms with van der Waals surface area (Å²) in [7, 11) is -4.86. The van der Waals surface area contributed by atoms with E-state index in [-0.39, 0.29) is 5.39 Å². The summed E-state index contributed by atoms with van der Waals surface area (Å²) in [6.07, 6.45) is 0. The molecule has 0 unspecified atom stereocenters. The molecule has 15 heavy (non-hydrogen) atoms. The molecule has 0 atom stereocenters. The van der Waals surface area contributed by atoms with Crippen molar-refractivity contribution in [2.45, 2.75) is 4.90 Å². The Hall–Kier alpha value is -1.49. The van der Waals surface area contributed by atoms with Gasteiger partial charge in [-0.15, -0.1) is 3.89 Å². The first-order valence-corrected chi connectivity index (χ1v) is 5.50. The van der Waals surface area contributed by atoms with Crippen molar-refractivity contribution in [3.8, 4) is 0 Å². The number of rotatable bonds is 1. The molecule has 2 nitrogen and oxygen atoms in total. The Morgan fingerprint density at radius 2 is 1.73 bits per heavy atom. The van der Waals surface area contributed by atoms with Crippen molar-refractivity contribution in [3.05, 3.63) is 42.2 Å². The van der Waals surface area contributed by atoms with Crippen molar-refractivity contribution in [3.63, 3.8) is 0 Å². The fourth-order valence-corrected chi connectivity index (χ4v) is 1.89. The van der Waals surface area contributed by atoms with Gasteiger partial charge in [-0.2, -0.15) is 8.42 Å². The Balaban J connectivity index is 2.85. The lowest BCUT2D eigenvalue weighted by Crippen LogP contribution is -1.93. The molecule has 78 valence electrons. The molecular weight excluding hydrogens is 222 g/mol. The van der Waals surface area contributed by atoms with E-state index in [1.165, 1.54) is 12.1 Å². The molecule has 2 aromatic rings. The van der Waals surface area contributed by atoms with Gasteiger partial charge in [0.25, 0.3) is 0 Å². The smallest absolute Gasteiger partial charge is 0.206 e. The van der Waals surface area contributed by atoms with Crippen LogP contribution in [0.4, 0.5) is 8.28 Å². The molecule has 0 amide bonds. The van der Waals surface area contributed by atoms with Gasteiger partial charge >= 0.3 is 10.2 Å². The van der Waals surface area contributed by atoms with Gasteiger partial charge < -0.3 is 0 Å². The Morgan fingerprint density at radius 1 is 1.07 bits per heavy atom. The van der Waals surface area contributed by atoms with Crippen LogP contribution in [0.5, 0.6) is 0 Å². The molecule has 2 aromatic carbocycles. The highest BCUT2D eigenvalue weighted by Gasteiger charge is 2.14. The first-order valence-electron chi connectivity index (χ1n) is 4.11. The number of benzene rings is 2. The summed E-state index contributed by atoms with van der Waals surface area (Å²) in [5, 5.41) is 0.624. The fourth-order valence-electron chi connectivity index (χ4n) is 1.38. The number of hydrogen-bond acceptors (Lipinski definition) is 2. The molecule has 0 aliphatic carbocycles. The fraction of sp³-hybridized carbons (Fsp3) is 0. The lowest BCUT2D eigenvalue weighted by molar-refractivity contribution is 0.550. The molecule has 0 aliphatic heterocycles. The van der Waals surface area contributed by atoms with Crippen LogP contribution in [-0.4, -0.2) is 8.42 Å². The summed E-state index contributed by atoms with van der Waals surface area (Å²) in [4.78, 5) is -0.654. The highest BCUT2D eigenvalue weighted by atomic mass is 32.3. The van der Waals surface area contributed by atoms with Crippen LogP contribution in [0, 0.1) is 5.82 Å². The van der Waals surface area contributed by atoms with Crippen LogP contribution in [-0.2, 0) is 10.2 Å². The lowest BCUT2D eigenvalue weighted by atomic mass is 10.1. The number of halogens is 2. The standard InChI is InChI=1S/C10H6F2O2S/c11-10-6-8(15(12,13)14)5-7-3-1-2-4-9(7)10/h1-6H. The third kappa shape index (κ3) is 1.83. The van der Waals surface area contributed by atoms with Crippen molar-refractivity contribution in [2.75, 3.05) is 0 Å². The van der Waals surface area contributed by atoms with Gasteiger partial charge in [0.1, 0.15) is 10.7 Å². The van der Waals surface area contributed by atoms with Crippen molar-refractivity contribution in [1.82, 2.24) is 0 Å². The Kier molecular flexibility index (Phi) is 2.19. The summed E-state index contributed by atoms with van der Waals surface area (Å²) >= 11 is 0. The minimum absolute atomic E-state index is 0.268. The Bertz CT molecular complexity index is 620. The summed E-state index contributed by atoms with van der Waals surface area (Å²) in [6.45, 7) is 0. The maximum Gasteiger partial charge on any atom is 0.332 e. The van der Waals surface area contributed by atoms with Gasteiger partial charge in [-0.05, 0) is 17.5 Å². The van der Waals surface area contributed by atoms with Crippen molar-refractivity contribution in [2.24, 2.45) is 0 Å². The van der Waals surface area contributed by atoms with Crippen LogP contribution in [0.2, 0.25) is 0 Å². The molecule has 0 aliphatic rings. The molecule has 0 fully saturated rings. The third-order valence-corrected chi connectivity index (χ3v) is 2.87. The van der Waals surface area contributed by atoms with Crippen LogP contribution in [0.15, 0.2) is 41.3 Å². The quantitative estimate of drug-likeness (QED) is 0.703. The van der Waals surface area contributed by atoms with E-state index in [4.69, 9.17) is 0 Å². The average Bonchev–Trinajstić information content (AvgIpc) is 2.16. The maximum atomic E-state index is 13.3. The monoisotopic (exact) mass is 228 g/mol. The van der Waals surface area contributed by atoms with Crippen LogP contribution >= 0.6 is 0 Å². The molecule has 0 aromatic heterocycles. The molecule has 0 N–H and O–H groups in total. The van der Waals surface area contributed by atoms with Gasteiger partial charge in [0.2, 0.25) is 0 Å². The molecule has 0 saturated carbocycles. The van der Waals surface area contributed by atoms with Gasteiger partial charge in [0, 0.05) is 5.39 Å². The van der Waals surface area contributed by atoms with Gasteiger partial charge in [-0.3, -0.25) is 0 Å². The average molecular weight is 228 g/mol. The first kappa shape index (κ1) is 10.0. The van der Waals surface area contributed by atoms with Gasteiger partial charge in [-0.25, -0.2) is 4.39 Å². The first-order chi connectivity index (χ1) is 6.98. The van der Waals surface area contributed by atoms with E-state index in [0.717, 1.165) is 6.07 Å². The van der Waals surface area contributed by atoms with Crippen LogP contribution < -0.4 is 0 Å². The van der Waals surface area contributed by atoms with E-state index in [1.807, 2.05) is 0 Å². The van der Waals surface area contributed by atoms with Crippen molar-refractivity contribution >= 4 is 21.0 Å². The Labute approximate surface area is 85.4 Å². The predicted molar refractivity (Wildman–Crippen MR) is 52.2 cm³/mol. The molecule has 0 bridgehead atoms. The molecule has 5 heteroatoms. The third-order valence-electron chi connectivity index (χ3n) is 2.07. The zero-order valence-corrected chi connectivity index (χ0v) is 8.26. The predicted octanol–water partition coefficient (Wildman–Crippen LogP) is 2.64. The normalized spacial score (nSPS) is 11.9. The topological polar surface area (TPSA) is 34.1 Å². The summed E-state index contributed by atoms with van der Waals surface area (Å²) < 4.78 is 47.2. The summed E-state index contributed by atoms with van der Waals surface area (Å²) in [5.74, 6) is -0.746. The summed E-state index contributed by atoms with van der Waals surface area (Å²) in [5.41, 5.74) is 0. The second kappa shape index (κ2) is 3.27. The van der Waals surface area contributed by atoms with Crippen molar-refractivity contribution < 1.29 is 16.7 Å². The highest BCUT2D eigenvalue weighted by Crippen LogP contribution is 2.23. The molecule has 0 saturated heterocycles. The molecular formula is C10H6F2O2S. The second-order valence-electron chi connectivity index (χ2n) is 3.06. The van der Waals surface area contributed by atoms with E-state index in [2.05, 4.69) is 0 Å². The zero-order valence-electron chi connectivity index (χ0n) is 7.44. The Morgan fingerprint density at radius 3 is 2.40 bits per heavy atom. The van der Waals surface area contributed by atoms with Crippen LogP contribution in [0.1, 0.15) is 0 Å². The zero-order chi connectivity index (χ0) is 11.1. The van der Waals surface area contributed by atoms with Gasteiger partial charge in [0.15, 0.2) is 0 Å². The van der Waals surface area contributed by atoms with Crippen LogP contribution in [0.25, 0.3) is 10.8 Å². The number of hydrogen-bond donors (Lipinski definition) is 0. The second-order valence-corrected chi connectivity index (χ2v) is 4.41. The van der Waals surface area contributed by atoms with Gasteiger partial charge in [0.05, 0.1) is 0 Å². The minimum Gasteiger partial charge on any atom is -0.206 e. The van der Waals surface area contributed by atoms with E-state index in [1.54, 1.807) is 12.1 Å². The van der Waals surface area contributed by atoms with E-state index < -0.39 is 20.9 Å². The van der Waals surface area contributed by atoms with E-state index in [0.29, 0.717) is 11.5 Å².